The van der Waals surface area contributed by atoms with Crippen molar-refractivity contribution in [2.24, 2.45) is 0 Å². The van der Waals surface area contributed by atoms with E-state index in [2.05, 4.69) is 0 Å². The van der Waals surface area contributed by atoms with Gasteiger partial charge in [-0.15, -0.1) is 0 Å². The van der Waals surface area contributed by atoms with Crippen LogP contribution in [-0.4, -0.2) is 89.0 Å². The zero-order valence-corrected chi connectivity index (χ0v) is 22.7. The third kappa shape index (κ3) is 5.94. The molecule has 0 spiro atoms. The second kappa shape index (κ2) is 9.86. The molecule has 1 atom stereocenters. The molecule has 0 N–H and O–H groups in total. The molecule has 0 bridgehead atoms. The Balaban J connectivity index is 5.22. The van der Waals surface area contributed by atoms with E-state index in [9.17, 15) is 108 Å². The molecular weight excluding hydrogens is 752 g/mol. The first kappa shape index (κ1) is 37.7. The van der Waals surface area contributed by atoms with Crippen molar-refractivity contribution in [2.45, 2.75) is 31.7 Å². The van der Waals surface area contributed by atoms with Gasteiger partial charge in [0.15, 0.2) is 0 Å². The average Bonchev–Trinajstić information content (AvgIpc) is 2.67. The van der Waals surface area contributed by atoms with Crippen LogP contribution in [0.1, 0.15) is 0 Å². The molecule has 0 aromatic rings. The van der Waals surface area contributed by atoms with E-state index in [-0.39, 0.29) is 0 Å². The van der Waals surface area contributed by atoms with Crippen LogP contribution in [0.25, 0.3) is 0 Å². The standard InChI is InChI=1S/C10HF15O10S5.Al/c11-6(12,13)36(26,27)1-3(38(30,31)8(17,18)19)5(40(34,35)10(23,24)25)4(39(32,33)9(20,21)22)2-37(28,29)7(14,15)16;/h1H;/q;+1. The summed E-state index contributed by atoms with van der Waals surface area (Å²) in [6.07, 6.45) is 0. The summed E-state index contributed by atoms with van der Waals surface area (Å²) < 4.78 is 308. The monoisotopic (exact) mass is 753 g/mol. The van der Waals surface area contributed by atoms with Crippen molar-refractivity contribution in [3.8, 4) is 0 Å². The zero-order chi connectivity index (χ0) is 33.6. The molecule has 0 saturated heterocycles. The second-order valence-electron chi connectivity index (χ2n) is 6.76. The third-order valence-corrected chi connectivity index (χ3v) is 17.0. The van der Waals surface area contributed by atoms with E-state index >= 15 is 0 Å². The summed E-state index contributed by atoms with van der Waals surface area (Å²) >= 11 is -4.98. The fourth-order valence-corrected chi connectivity index (χ4v) is 15.3. The van der Waals surface area contributed by atoms with Gasteiger partial charge in [-0.3, -0.25) is 0 Å². The Bertz CT molecular complexity index is 1730. The van der Waals surface area contributed by atoms with Crippen LogP contribution in [0.4, 0.5) is 65.9 Å². The molecular formula is C10HAlF15O10S5+. The van der Waals surface area contributed by atoms with Gasteiger partial charge in [0, 0.05) is 0 Å². The quantitative estimate of drug-likeness (QED) is 0.299. The van der Waals surface area contributed by atoms with Crippen molar-refractivity contribution in [3.05, 3.63) is 18.5 Å². The molecule has 0 aromatic carbocycles. The van der Waals surface area contributed by atoms with Gasteiger partial charge in [0.05, 0.1) is 0 Å². The SMILES string of the molecule is O=S(=O)([C]1=C(S(=O)(=O)C(F)(F)F)C(S(=O)(=O)C(F)(F)F)=C(S(=O)(=O)C(F)(F)F)[CH](S(=O)(=O)C(F)(F)F)[Al+]1)C(F)(F)F. The van der Waals surface area contributed by atoms with Gasteiger partial charge in [-0.25, -0.2) is 0 Å². The van der Waals surface area contributed by atoms with E-state index in [1.165, 1.54) is 0 Å². The van der Waals surface area contributed by atoms with E-state index in [4.69, 9.17) is 0 Å². The summed E-state index contributed by atoms with van der Waals surface area (Å²) in [5.41, 5.74) is -37.3. The van der Waals surface area contributed by atoms with Crippen molar-refractivity contribution in [2.75, 3.05) is 0 Å². The molecule has 1 rings (SSSR count). The van der Waals surface area contributed by atoms with Gasteiger partial charge in [-0.2, -0.15) is 0 Å². The first-order chi connectivity index (χ1) is 17.3. The van der Waals surface area contributed by atoms with E-state index < -0.39 is 115 Å². The summed E-state index contributed by atoms with van der Waals surface area (Å²) in [4.78, 5) is -13.9. The molecule has 0 aliphatic carbocycles. The molecule has 0 amide bonds. The Morgan fingerprint density at radius 2 is 0.707 bits per heavy atom. The Hall–Kier alpha value is -1.29. The average molecular weight is 753 g/mol. The van der Waals surface area contributed by atoms with Gasteiger partial charge in [0.25, 0.3) is 0 Å². The Kier molecular flexibility index (Phi) is 9.08. The molecule has 1 heterocycles. The summed E-state index contributed by atoms with van der Waals surface area (Å²) in [7, 11) is -42.2. The predicted octanol–water partition coefficient (Wildman–Crippen LogP) is 2.08. The first-order valence-electron chi connectivity index (χ1n) is 8.23. The molecule has 1 aliphatic heterocycles. The van der Waals surface area contributed by atoms with Crippen LogP contribution in [0.2, 0.25) is 0 Å². The summed E-state index contributed by atoms with van der Waals surface area (Å²) in [6.45, 7) is 0. The van der Waals surface area contributed by atoms with Gasteiger partial charge in [0.1, 0.15) is 0 Å². The Labute approximate surface area is 222 Å². The molecule has 0 aromatic heterocycles. The maximum atomic E-state index is 13.3. The number of sulfone groups is 5. The molecule has 31 heteroatoms. The molecule has 0 saturated carbocycles. The molecule has 1 unspecified atom stereocenters. The topological polar surface area (TPSA) is 171 Å². The minimum absolute atomic E-state index is 4.05. The van der Waals surface area contributed by atoms with Crippen molar-refractivity contribution in [1.29, 1.82) is 0 Å². The predicted molar refractivity (Wildman–Crippen MR) is 98.5 cm³/mol. The molecule has 0 radical (unpaired) electrons. The number of rotatable bonds is 5. The van der Waals surface area contributed by atoms with Gasteiger partial charge in [-0.1, -0.05) is 0 Å². The van der Waals surface area contributed by atoms with E-state index in [1.807, 2.05) is 0 Å². The number of hydrogen-bond acceptors (Lipinski definition) is 10. The normalized spacial score (nSPS) is 19.6. The molecule has 10 nitrogen and oxygen atoms in total. The van der Waals surface area contributed by atoms with Crippen molar-refractivity contribution in [3.63, 3.8) is 0 Å². The maximum absolute atomic E-state index is 13.3. The Morgan fingerprint density at radius 3 is 0.976 bits per heavy atom. The van der Waals surface area contributed by atoms with Crippen molar-refractivity contribution >= 4 is 64.4 Å². The van der Waals surface area contributed by atoms with Gasteiger partial charge in [0.2, 0.25) is 0 Å². The van der Waals surface area contributed by atoms with Crippen LogP contribution in [0.15, 0.2) is 18.5 Å². The Morgan fingerprint density at radius 1 is 0.415 bits per heavy atom. The summed E-state index contributed by atoms with van der Waals surface area (Å²) in [6, 6.07) is 0. The van der Waals surface area contributed by atoms with E-state index in [0.29, 0.717) is 0 Å². The minimum atomic E-state index is -8.75. The summed E-state index contributed by atoms with van der Waals surface area (Å²) in [5, 5.41) is 0. The van der Waals surface area contributed by atoms with Crippen molar-refractivity contribution in [1.82, 2.24) is 0 Å². The van der Waals surface area contributed by atoms with Gasteiger partial charge in [-0.05, 0) is 0 Å². The summed E-state index contributed by atoms with van der Waals surface area (Å²) in [5.74, 6) is 0. The fourth-order valence-electron chi connectivity index (χ4n) is 2.49. The zero-order valence-electron chi connectivity index (χ0n) is 17.4. The molecule has 238 valence electrons. The van der Waals surface area contributed by atoms with Crippen LogP contribution in [0.5, 0.6) is 0 Å². The number of alkyl halides is 15. The van der Waals surface area contributed by atoms with Gasteiger partial charge >= 0.3 is 222 Å². The van der Waals surface area contributed by atoms with Crippen LogP contribution in [0, 0.1) is 0 Å². The van der Waals surface area contributed by atoms with Gasteiger partial charge < -0.3 is 0 Å². The van der Waals surface area contributed by atoms with E-state index in [1.54, 1.807) is 0 Å². The number of halogens is 15. The van der Waals surface area contributed by atoms with Crippen LogP contribution in [-0.2, 0) is 49.2 Å². The molecule has 1 aliphatic rings. The first-order valence-corrected chi connectivity index (χ1v) is 17.0. The van der Waals surface area contributed by atoms with Crippen molar-refractivity contribution < 1.29 is 108 Å². The van der Waals surface area contributed by atoms with E-state index in [0.717, 1.165) is 0 Å². The third-order valence-electron chi connectivity index (χ3n) is 4.21. The van der Waals surface area contributed by atoms with Crippen LogP contribution in [0.3, 0.4) is 0 Å². The molecule has 0 fully saturated rings. The molecule has 41 heavy (non-hydrogen) atoms. The van der Waals surface area contributed by atoms with Crippen LogP contribution < -0.4 is 0 Å². The number of hydrogen-bond donors (Lipinski definition) is 0. The second-order valence-corrected chi connectivity index (χ2v) is 18.9. The van der Waals surface area contributed by atoms with Crippen LogP contribution >= 0.6 is 0 Å². The fraction of sp³-hybridized carbons (Fsp3) is 0.600.